The van der Waals surface area contributed by atoms with E-state index in [1.54, 1.807) is 0 Å². The predicted octanol–water partition coefficient (Wildman–Crippen LogP) is 1.65. The average molecular weight is 223 g/mol. The summed E-state index contributed by atoms with van der Waals surface area (Å²) in [5.74, 6) is -2.34. The Morgan fingerprint density at radius 3 is 2.75 bits per heavy atom. The molecule has 0 aromatic heterocycles. The van der Waals surface area contributed by atoms with Gasteiger partial charge >= 0.3 is 5.97 Å². The molecule has 1 aliphatic rings. The second-order valence-corrected chi connectivity index (χ2v) is 3.59. The van der Waals surface area contributed by atoms with Crippen molar-refractivity contribution in [2.24, 2.45) is 0 Å². The lowest BCUT2D eigenvalue weighted by Gasteiger charge is -2.16. The molecule has 2 rings (SSSR count). The van der Waals surface area contributed by atoms with Crippen molar-refractivity contribution < 1.29 is 19.1 Å². The number of nitrogens with zero attached hydrogens (tertiary/aromatic N) is 1. The molecule has 1 saturated heterocycles. The van der Waals surface area contributed by atoms with E-state index in [1.807, 2.05) is 0 Å². The summed E-state index contributed by atoms with van der Waals surface area (Å²) in [6.07, 6.45) is 1.06. The molecule has 0 spiro atoms. The Labute approximate surface area is 91.3 Å². The molecule has 0 saturated carbocycles. The van der Waals surface area contributed by atoms with Crippen LogP contribution in [0.15, 0.2) is 18.2 Å². The van der Waals surface area contributed by atoms with Crippen molar-refractivity contribution in [1.82, 2.24) is 0 Å². The Bertz CT molecular complexity index is 459. The highest BCUT2D eigenvalue weighted by Gasteiger charge is 2.26. The van der Waals surface area contributed by atoms with Gasteiger partial charge < -0.3 is 10.0 Å². The number of carbonyl (C=O) groups excluding carboxylic acids is 1. The third kappa shape index (κ3) is 1.64. The minimum Gasteiger partial charge on any atom is -0.478 e. The summed E-state index contributed by atoms with van der Waals surface area (Å²) in [5, 5.41) is 8.76. The molecule has 0 unspecified atom stereocenters. The number of hydrogen-bond acceptors (Lipinski definition) is 2. The van der Waals surface area contributed by atoms with Crippen LogP contribution in [0.1, 0.15) is 23.2 Å². The van der Waals surface area contributed by atoms with Crippen molar-refractivity contribution in [2.75, 3.05) is 11.4 Å². The third-order valence-electron chi connectivity index (χ3n) is 2.57. The molecule has 5 heteroatoms. The summed E-state index contributed by atoms with van der Waals surface area (Å²) >= 11 is 0. The molecular weight excluding hydrogens is 213 g/mol. The van der Waals surface area contributed by atoms with Crippen molar-refractivity contribution in [3.05, 3.63) is 29.6 Å². The maximum atomic E-state index is 13.8. The number of carboxylic acid groups (broad SMARTS) is 1. The second kappa shape index (κ2) is 3.92. The van der Waals surface area contributed by atoms with Gasteiger partial charge in [-0.1, -0.05) is 6.07 Å². The molecule has 1 aliphatic heterocycles. The second-order valence-electron chi connectivity index (χ2n) is 3.59. The Kier molecular flexibility index (Phi) is 2.60. The van der Waals surface area contributed by atoms with Crippen LogP contribution in [0.3, 0.4) is 0 Å². The SMILES string of the molecule is O=C(O)c1cccc(N2CCCC2=O)c1F. The third-order valence-corrected chi connectivity index (χ3v) is 2.57. The van der Waals surface area contributed by atoms with Gasteiger partial charge in [0.15, 0.2) is 5.82 Å². The summed E-state index contributed by atoms with van der Waals surface area (Å²) < 4.78 is 13.8. The number of anilines is 1. The van der Waals surface area contributed by atoms with Gasteiger partial charge in [-0.25, -0.2) is 9.18 Å². The summed E-state index contributed by atoms with van der Waals surface area (Å²) in [7, 11) is 0. The highest BCUT2D eigenvalue weighted by molar-refractivity contribution is 5.97. The zero-order valence-electron chi connectivity index (χ0n) is 8.44. The maximum absolute atomic E-state index is 13.8. The van der Waals surface area contributed by atoms with Crippen LogP contribution in [0.2, 0.25) is 0 Å². The number of benzene rings is 1. The molecule has 16 heavy (non-hydrogen) atoms. The normalized spacial score (nSPS) is 15.6. The molecule has 0 bridgehead atoms. The largest absolute Gasteiger partial charge is 0.478 e. The van der Waals surface area contributed by atoms with E-state index in [0.29, 0.717) is 19.4 Å². The molecule has 1 aromatic rings. The Balaban J connectivity index is 2.45. The average Bonchev–Trinajstić information content (AvgIpc) is 2.64. The first-order valence-electron chi connectivity index (χ1n) is 4.93. The molecular formula is C11H10FNO3. The van der Waals surface area contributed by atoms with Crippen LogP contribution >= 0.6 is 0 Å². The van der Waals surface area contributed by atoms with Crippen LogP contribution in [0, 0.1) is 5.82 Å². The van der Waals surface area contributed by atoms with Gasteiger partial charge in [0.2, 0.25) is 5.91 Å². The van der Waals surface area contributed by atoms with Crippen molar-refractivity contribution in [3.63, 3.8) is 0 Å². The van der Waals surface area contributed by atoms with Crippen LogP contribution < -0.4 is 4.90 Å². The van der Waals surface area contributed by atoms with Crippen molar-refractivity contribution in [2.45, 2.75) is 12.8 Å². The molecule has 0 radical (unpaired) electrons. The van der Waals surface area contributed by atoms with Gasteiger partial charge in [-0.05, 0) is 18.6 Å². The lowest BCUT2D eigenvalue weighted by molar-refractivity contribution is -0.117. The van der Waals surface area contributed by atoms with Gasteiger partial charge in [0.05, 0.1) is 11.3 Å². The van der Waals surface area contributed by atoms with E-state index < -0.39 is 17.3 Å². The van der Waals surface area contributed by atoms with E-state index in [4.69, 9.17) is 5.11 Å². The van der Waals surface area contributed by atoms with Gasteiger partial charge in [-0.2, -0.15) is 0 Å². The lowest BCUT2D eigenvalue weighted by atomic mass is 10.1. The number of hydrogen-bond donors (Lipinski definition) is 1. The monoisotopic (exact) mass is 223 g/mol. The minimum absolute atomic E-state index is 0.0578. The molecule has 0 atom stereocenters. The number of carbonyl (C=O) groups is 2. The van der Waals surface area contributed by atoms with Gasteiger partial charge in [0, 0.05) is 13.0 Å². The first-order chi connectivity index (χ1) is 7.61. The fourth-order valence-corrected chi connectivity index (χ4v) is 1.80. The predicted molar refractivity (Wildman–Crippen MR) is 54.9 cm³/mol. The fourth-order valence-electron chi connectivity index (χ4n) is 1.80. The molecule has 4 nitrogen and oxygen atoms in total. The van der Waals surface area contributed by atoms with Crippen molar-refractivity contribution in [1.29, 1.82) is 0 Å². The van der Waals surface area contributed by atoms with E-state index in [1.165, 1.54) is 23.1 Å². The van der Waals surface area contributed by atoms with E-state index in [9.17, 15) is 14.0 Å². The Morgan fingerprint density at radius 2 is 2.19 bits per heavy atom. The van der Waals surface area contributed by atoms with E-state index >= 15 is 0 Å². The van der Waals surface area contributed by atoms with E-state index in [-0.39, 0.29) is 11.6 Å². The van der Waals surface area contributed by atoms with Crippen LogP contribution in [-0.4, -0.2) is 23.5 Å². The summed E-state index contributed by atoms with van der Waals surface area (Å²) in [6.45, 7) is 0.443. The van der Waals surface area contributed by atoms with Crippen molar-refractivity contribution in [3.8, 4) is 0 Å². The van der Waals surface area contributed by atoms with Gasteiger partial charge in [-0.3, -0.25) is 4.79 Å². The quantitative estimate of drug-likeness (QED) is 0.829. The summed E-state index contributed by atoms with van der Waals surface area (Å²) in [5.41, 5.74) is -0.348. The number of rotatable bonds is 2. The molecule has 1 amide bonds. The zero-order chi connectivity index (χ0) is 11.7. The molecule has 1 fully saturated rings. The standard InChI is InChI=1S/C11H10FNO3/c12-10-7(11(15)16)3-1-4-8(10)13-6-2-5-9(13)14/h1,3-4H,2,5-6H2,(H,15,16). The summed E-state index contributed by atoms with van der Waals surface area (Å²) in [6, 6.07) is 4.04. The Hall–Kier alpha value is -1.91. The van der Waals surface area contributed by atoms with E-state index in [2.05, 4.69) is 0 Å². The topological polar surface area (TPSA) is 57.6 Å². The van der Waals surface area contributed by atoms with Gasteiger partial charge in [-0.15, -0.1) is 0 Å². The summed E-state index contributed by atoms with van der Waals surface area (Å²) in [4.78, 5) is 23.4. The van der Waals surface area contributed by atoms with Crippen LogP contribution in [0.25, 0.3) is 0 Å². The van der Waals surface area contributed by atoms with Gasteiger partial charge in [0.1, 0.15) is 0 Å². The number of halogens is 1. The van der Waals surface area contributed by atoms with Crippen LogP contribution in [0.5, 0.6) is 0 Å². The minimum atomic E-state index is -1.33. The first-order valence-corrected chi connectivity index (χ1v) is 4.93. The smallest absolute Gasteiger partial charge is 0.338 e. The molecule has 0 aliphatic carbocycles. The zero-order valence-corrected chi connectivity index (χ0v) is 8.44. The number of amides is 1. The van der Waals surface area contributed by atoms with Crippen LogP contribution in [0.4, 0.5) is 10.1 Å². The first kappa shape index (κ1) is 10.6. The highest BCUT2D eigenvalue weighted by Crippen LogP contribution is 2.26. The Morgan fingerprint density at radius 1 is 1.44 bits per heavy atom. The lowest BCUT2D eigenvalue weighted by Crippen LogP contribution is -2.25. The fraction of sp³-hybridized carbons (Fsp3) is 0.273. The van der Waals surface area contributed by atoms with E-state index in [0.717, 1.165) is 0 Å². The number of aromatic carboxylic acids is 1. The molecule has 1 heterocycles. The molecule has 1 aromatic carbocycles. The van der Waals surface area contributed by atoms with Crippen LogP contribution in [-0.2, 0) is 4.79 Å². The van der Waals surface area contributed by atoms with Gasteiger partial charge in [0.25, 0.3) is 0 Å². The highest BCUT2D eigenvalue weighted by atomic mass is 19.1. The number of carboxylic acids is 1. The van der Waals surface area contributed by atoms with Crippen molar-refractivity contribution >= 4 is 17.6 Å². The maximum Gasteiger partial charge on any atom is 0.338 e. The molecule has 84 valence electrons. The molecule has 1 N–H and O–H groups in total.